The number of hydrazine groups is 1. The summed E-state index contributed by atoms with van der Waals surface area (Å²) in [4.78, 5) is 22.0. The Morgan fingerprint density at radius 3 is 2.79 bits per heavy atom. The van der Waals surface area contributed by atoms with Crippen molar-refractivity contribution in [1.29, 1.82) is 0 Å². The number of nitrogens with two attached hydrogens (primary N) is 1. The summed E-state index contributed by atoms with van der Waals surface area (Å²) in [5.74, 6) is 4.85. The number of nitrogens with zero attached hydrogens (tertiary/aromatic N) is 1. The van der Waals surface area contributed by atoms with Crippen LogP contribution < -0.4 is 16.6 Å². The number of hydrogen-bond acceptors (Lipinski definition) is 6. The number of nitro groups is 1. The highest BCUT2D eigenvalue weighted by molar-refractivity contribution is 5.96. The number of rotatable bonds is 6. The van der Waals surface area contributed by atoms with E-state index >= 15 is 0 Å². The van der Waals surface area contributed by atoms with E-state index in [2.05, 4.69) is 10.7 Å². The quantitative estimate of drug-likeness (QED) is 0.396. The molecule has 1 aromatic rings. The summed E-state index contributed by atoms with van der Waals surface area (Å²) in [6.07, 6.45) is 0. The first-order valence-electron chi connectivity index (χ1n) is 5.54. The largest absolute Gasteiger partial charge is 0.383 e. The van der Waals surface area contributed by atoms with Crippen LogP contribution in [-0.2, 0) is 4.74 Å². The van der Waals surface area contributed by atoms with Crippen molar-refractivity contribution >= 4 is 17.3 Å². The van der Waals surface area contributed by atoms with E-state index in [1.807, 2.05) is 0 Å². The van der Waals surface area contributed by atoms with E-state index in [1.54, 1.807) is 6.92 Å². The van der Waals surface area contributed by atoms with E-state index in [4.69, 9.17) is 10.6 Å². The second-order valence-corrected chi connectivity index (χ2v) is 3.96. The molecule has 1 rings (SSSR count). The molecule has 4 N–H and O–H groups in total. The number of anilines is 1. The molecule has 0 saturated heterocycles. The Kier molecular flexibility index (Phi) is 5.22. The molecular formula is C11H16N4O4. The third kappa shape index (κ3) is 3.90. The van der Waals surface area contributed by atoms with Crippen molar-refractivity contribution < 1.29 is 14.5 Å². The molecule has 0 heterocycles. The van der Waals surface area contributed by atoms with Crippen molar-refractivity contribution in [3.05, 3.63) is 33.9 Å². The molecule has 19 heavy (non-hydrogen) atoms. The highest BCUT2D eigenvalue weighted by Gasteiger charge is 2.17. The number of hydrogen-bond donors (Lipinski definition) is 3. The molecule has 8 nitrogen and oxygen atoms in total. The van der Waals surface area contributed by atoms with Crippen LogP contribution in [-0.4, -0.2) is 30.6 Å². The van der Waals surface area contributed by atoms with Crippen LogP contribution in [0.5, 0.6) is 0 Å². The van der Waals surface area contributed by atoms with Gasteiger partial charge in [0, 0.05) is 24.8 Å². The number of carbonyl (C=O) groups excluding carboxylic acids is 1. The average Bonchev–Trinajstić information content (AvgIpc) is 2.37. The van der Waals surface area contributed by atoms with Gasteiger partial charge in [-0.05, 0) is 19.1 Å². The van der Waals surface area contributed by atoms with E-state index < -0.39 is 4.92 Å². The number of nitro benzene ring substituents is 1. The van der Waals surface area contributed by atoms with Crippen molar-refractivity contribution in [2.24, 2.45) is 5.84 Å². The van der Waals surface area contributed by atoms with Gasteiger partial charge >= 0.3 is 0 Å². The van der Waals surface area contributed by atoms with Gasteiger partial charge in [0.1, 0.15) is 5.69 Å². The summed E-state index contributed by atoms with van der Waals surface area (Å²) < 4.78 is 4.90. The molecule has 0 radical (unpaired) electrons. The topological polar surface area (TPSA) is 120 Å². The molecule has 8 heteroatoms. The number of nitrogen functional groups attached to an aromatic ring is 1. The fourth-order valence-corrected chi connectivity index (χ4v) is 1.55. The minimum atomic E-state index is -0.579. The zero-order chi connectivity index (χ0) is 14.4. The normalized spacial score (nSPS) is 11.7. The van der Waals surface area contributed by atoms with Crippen molar-refractivity contribution in [2.45, 2.75) is 13.0 Å². The van der Waals surface area contributed by atoms with Crippen LogP contribution in [0.2, 0.25) is 0 Å². The number of amides is 1. The van der Waals surface area contributed by atoms with Gasteiger partial charge in [-0.25, -0.2) is 0 Å². The SMILES string of the molecule is COCC(C)NC(=O)c1ccc([N+](=O)[O-])c(NN)c1. The Morgan fingerprint density at radius 1 is 1.58 bits per heavy atom. The zero-order valence-corrected chi connectivity index (χ0v) is 10.7. The molecule has 1 atom stereocenters. The Balaban J connectivity index is 2.90. The van der Waals surface area contributed by atoms with Gasteiger partial charge in [-0.3, -0.25) is 20.8 Å². The zero-order valence-electron chi connectivity index (χ0n) is 10.7. The van der Waals surface area contributed by atoms with Crippen LogP contribution in [0.25, 0.3) is 0 Å². The van der Waals surface area contributed by atoms with E-state index in [-0.39, 0.29) is 28.9 Å². The number of methoxy groups -OCH3 is 1. The number of ether oxygens (including phenoxy) is 1. The Hall–Kier alpha value is -2.19. The van der Waals surface area contributed by atoms with Gasteiger partial charge in [0.2, 0.25) is 0 Å². The Labute approximate surface area is 110 Å². The van der Waals surface area contributed by atoms with Crippen molar-refractivity contribution in [3.8, 4) is 0 Å². The molecular weight excluding hydrogens is 252 g/mol. The second kappa shape index (κ2) is 6.66. The predicted octanol–water partition coefficient (Wildman–Crippen LogP) is 0.645. The van der Waals surface area contributed by atoms with Gasteiger partial charge in [-0.15, -0.1) is 0 Å². The molecule has 104 valence electrons. The van der Waals surface area contributed by atoms with Gasteiger partial charge in [0.15, 0.2) is 0 Å². The third-order valence-corrected chi connectivity index (χ3v) is 2.41. The van der Waals surface area contributed by atoms with Crippen molar-refractivity contribution in [2.75, 3.05) is 19.1 Å². The van der Waals surface area contributed by atoms with Gasteiger partial charge in [0.25, 0.3) is 11.6 Å². The molecule has 0 spiro atoms. The first-order valence-corrected chi connectivity index (χ1v) is 5.54. The highest BCUT2D eigenvalue weighted by atomic mass is 16.6. The molecule has 0 bridgehead atoms. The first kappa shape index (κ1) is 14.9. The lowest BCUT2D eigenvalue weighted by atomic mass is 10.1. The maximum absolute atomic E-state index is 11.9. The van der Waals surface area contributed by atoms with E-state index in [0.717, 1.165) is 0 Å². The summed E-state index contributed by atoms with van der Waals surface area (Å²) in [7, 11) is 1.53. The van der Waals surface area contributed by atoms with E-state index in [1.165, 1.54) is 25.3 Å². The minimum absolute atomic E-state index is 0.0806. The molecule has 0 aliphatic carbocycles. The summed E-state index contributed by atoms with van der Waals surface area (Å²) in [6.45, 7) is 2.16. The molecule has 0 aliphatic rings. The smallest absolute Gasteiger partial charge is 0.293 e. The highest BCUT2D eigenvalue weighted by Crippen LogP contribution is 2.24. The summed E-state index contributed by atoms with van der Waals surface area (Å²) in [6, 6.07) is 3.76. The summed E-state index contributed by atoms with van der Waals surface area (Å²) in [5.41, 5.74) is 2.37. The van der Waals surface area contributed by atoms with Gasteiger partial charge in [-0.2, -0.15) is 0 Å². The molecule has 0 fully saturated rings. The van der Waals surface area contributed by atoms with Crippen LogP contribution in [0, 0.1) is 10.1 Å². The maximum atomic E-state index is 11.9. The second-order valence-electron chi connectivity index (χ2n) is 3.96. The van der Waals surface area contributed by atoms with Gasteiger partial charge < -0.3 is 15.5 Å². The fourth-order valence-electron chi connectivity index (χ4n) is 1.55. The predicted molar refractivity (Wildman–Crippen MR) is 69.7 cm³/mol. The first-order chi connectivity index (χ1) is 8.99. The molecule has 1 unspecified atom stereocenters. The molecule has 0 aromatic heterocycles. The molecule has 1 amide bonds. The lowest BCUT2D eigenvalue weighted by molar-refractivity contribution is -0.384. The van der Waals surface area contributed by atoms with Crippen molar-refractivity contribution in [3.63, 3.8) is 0 Å². The van der Waals surface area contributed by atoms with Crippen LogP contribution in [0.4, 0.5) is 11.4 Å². The number of benzene rings is 1. The van der Waals surface area contributed by atoms with Gasteiger partial charge in [0.05, 0.1) is 11.5 Å². The standard InChI is InChI=1S/C11H16N4O4/c1-7(6-19-2)13-11(16)8-3-4-10(15(17)18)9(5-8)14-12/h3-5,7,14H,6,12H2,1-2H3,(H,13,16). The van der Waals surface area contributed by atoms with Crippen LogP contribution >= 0.6 is 0 Å². The summed E-state index contributed by atoms with van der Waals surface area (Å²) in [5, 5.41) is 13.4. The van der Waals surface area contributed by atoms with Gasteiger partial charge in [-0.1, -0.05) is 0 Å². The van der Waals surface area contributed by atoms with Crippen molar-refractivity contribution in [1.82, 2.24) is 5.32 Å². The van der Waals surface area contributed by atoms with E-state index in [0.29, 0.717) is 6.61 Å². The lowest BCUT2D eigenvalue weighted by Crippen LogP contribution is -2.35. The minimum Gasteiger partial charge on any atom is -0.383 e. The van der Waals surface area contributed by atoms with E-state index in [9.17, 15) is 14.9 Å². The molecule has 1 aromatic carbocycles. The molecule has 0 saturated carbocycles. The number of carbonyl (C=O) groups is 1. The third-order valence-electron chi connectivity index (χ3n) is 2.41. The summed E-state index contributed by atoms with van der Waals surface area (Å²) >= 11 is 0. The van der Waals surface area contributed by atoms with Crippen LogP contribution in [0.3, 0.4) is 0 Å². The fraction of sp³-hybridized carbons (Fsp3) is 0.364. The average molecular weight is 268 g/mol. The molecule has 0 aliphatic heterocycles. The van der Waals surface area contributed by atoms with Crippen LogP contribution in [0.1, 0.15) is 17.3 Å². The number of nitrogens with one attached hydrogen (secondary N) is 2. The lowest BCUT2D eigenvalue weighted by Gasteiger charge is -2.13. The Morgan fingerprint density at radius 2 is 2.26 bits per heavy atom. The van der Waals surface area contributed by atoms with Crippen LogP contribution in [0.15, 0.2) is 18.2 Å². The monoisotopic (exact) mass is 268 g/mol. The maximum Gasteiger partial charge on any atom is 0.293 e. The Bertz CT molecular complexity index is 478.